The Morgan fingerprint density at radius 1 is 0.745 bits per heavy atom. The minimum Gasteiger partial charge on any atom is -0.464 e. The van der Waals surface area contributed by atoms with Crippen molar-refractivity contribution in [2.24, 2.45) is 5.73 Å². The number of carbonyl (C=O) groups is 2. The van der Waals surface area contributed by atoms with Crippen molar-refractivity contribution in [2.75, 3.05) is 105 Å². The summed E-state index contributed by atoms with van der Waals surface area (Å²) in [5.41, 5.74) is 7.89. The van der Waals surface area contributed by atoms with E-state index in [1.54, 1.807) is 19.2 Å². The second-order valence-electron chi connectivity index (χ2n) is 10.9. The largest absolute Gasteiger partial charge is 0.464 e. The molecule has 0 saturated heterocycles. The predicted octanol–water partition coefficient (Wildman–Crippen LogP) is 3.33. The lowest BCUT2D eigenvalue weighted by Gasteiger charge is -2.22. The highest BCUT2D eigenvalue weighted by atomic mass is 32.2. The van der Waals surface area contributed by atoms with Crippen molar-refractivity contribution >= 4 is 24.0 Å². The van der Waals surface area contributed by atoms with Gasteiger partial charge in [0, 0.05) is 53.0 Å². The first-order chi connectivity index (χ1) is 23.1. The van der Waals surface area contributed by atoms with Crippen LogP contribution in [0.15, 0.2) is 36.4 Å². The van der Waals surface area contributed by atoms with E-state index >= 15 is 0 Å². The lowest BCUT2D eigenvalue weighted by atomic mass is 10.2. The van der Waals surface area contributed by atoms with Gasteiger partial charge in [-0.25, -0.2) is 14.8 Å². The number of ether oxygens (including phenoxy) is 5. The fourth-order valence-corrected chi connectivity index (χ4v) is 5.49. The summed E-state index contributed by atoms with van der Waals surface area (Å²) in [5, 5.41) is 0. The fraction of sp³-hybridized carbons (Fsp3) is 0.647. The molecule has 12 nitrogen and oxygen atoms in total. The number of hydrogen-bond acceptors (Lipinski definition) is 13. The quantitative estimate of drug-likeness (QED) is 0.0736. The van der Waals surface area contributed by atoms with Crippen LogP contribution in [0.1, 0.15) is 58.0 Å². The highest BCUT2D eigenvalue weighted by Crippen LogP contribution is 2.09. The second-order valence-corrected chi connectivity index (χ2v) is 12.1. The molecule has 2 aromatic rings. The maximum atomic E-state index is 12.0. The molecule has 0 spiro atoms. The van der Waals surface area contributed by atoms with Crippen LogP contribution in [0.2, 0.25) is 0 Å². The number of esters is 1. The zero-order valence-electron chi connectivity index (χ0n) is 28.3. The number of unbranched alkanes of at least 4 members (excludes halogenated alkanes) is 2. The number of carbonyl (C=O) groups excluding carboxylic acids is 2. The Balaban J connectivity index is 1.71. The first-order valence-corrected chi connectivity index (χ1v) is 17.6. The third kappa shape index (κ3) is 19.8. The summed E-state index contributed by atoms with van der Waals surface area (Å²) in [6.45, 7) is 8.75. The van der Waals surface area contributed by atoms with E-state index in [9.17, 15) is 9.59 Å². The zero-order valence-corrected chi connectivity index (χ0v) is 29.1. The van der Waals surface area contributed by atoms with E-state index in [2.05, 4.69) is 19.8 Å². The molecule has 0 aromatic carbocycles. The number of hydrogen-bond donors (Lipinski definition) is 1. The van der Waals surface area contributed by atoms with E-state index in [-0.39, 0.29) is 0 Å². The van der Waals surface area contributed by atoms with Gasteiger partial charge in [-0.15, -0.1) is 0 Å². The number of methoxy groups -OCH3 is 2. The van der Waals surface area contributed by atoms with Gasteiger partial charge in [-0.05, 0) is 61.6 Å². The van der Waals surface area contributed by atoms with E-state index < -0.39 is 5.97 Å². The molecule has 0 radical (unpaired) electrons. The Labute approximate surface area is 285 Å². The smallest absolute Gasteiger partial charge is 0.356 e. The summed E-state index contributed by atoms with van der Waals surface area (Å²) in [6, 6.07) is 10.8. The fourth-order valence-electron chi connectivity index (χ4n) is 4.55. The Morgan fingerprint density at radius 2 is 1.34 bits per heavy atom. The Bertz CT molecular complexity index is 1100. The van der Waals surface area contributed by atoms with Gasteiger partial charge < -0.3 is 29.4 Å². The number of thioether (sulfide) groups is 1. The van der Waals surface area contributed by atoms with E-state index in [0.29, 0.717) is 77.2 Å². The molecule has 0 amide bonds. The molecule has 0 aliphatic rings. The Kier molecular flexibility index (Phi) is 23.8. The van der Waals surface area contributed by atoms with Gasteiger partial charge in [0.2, 0.25) is 0 Å². The predicted molar refractivity (Wildman–Crippen MR) is 185 cm³/mol. The van der Waals surface area contributed by atoms with E-state index in [1.807, 2.05) is 36.0 Å². The number of rotatable bonds is 30. The highest BCUT2D eigenvalue weighted by Gasteiger charge is 2.12. The minimum absolute atomic E-state index is 0.293. The zero-order chi connectivity index (χ0) is 33.8. The average Bonchev–Trinajstić information content (AvgIpc) is 3.10. The summed E-state index contributed by atoms with van der Waals surface area (Å²) in [5.74, 6) is 1.83. The standard InChI is InChI=1S/C34H55N5O7S/c1-42-19-14-38(27-30-9-6-11-32(29-40)36-30)16-21-45-23-24-46-22-17-39(28-31-10-7-12-33(37-31)34(41)43-2)15-20-44-18-8-26-47-25-5-3-4-13-35/h6-7,9-12,29H,3-5,8,13-28,35H2,1-2H3. The molecule has 2 N–H and O–H groups in total. The first kappa shape index (κ1) is 40.7. The normalized spacial score (nSPS) is 11.4. The van der Waals surface area contributed by atoms with Crippen LogP contribution in [0.5, 0.6) is 0 Å². The van der Waals surface area contributed by atoms with Gasteiger partial charge in [0.05, 0.1) is 58.1 Å². The molecule has 264 valence electrons. The minimum atomic E-state index is -0.451. The monoisotopic (exact) mass is 677 g/mol. The van der Waals surface area contributed by atoms with Crippen LogP contribution in [0.3, 0.4) is 0 Å². The van der Waals surface area contributed by atoms with Gasteiger partial charge in [0.1, 0.15) is 11.4 Å². The van der Waals surface area contributed by atoms with Crippen LogP contribution in [-0.4, -0.2) is 137 Å². The third-order valence-electron chi connectivity index (χ3n) is 7.13. The van der Waals surface area contributed by atoms with Crippen LogP contribution in [0.25, 0.3) is 0 Å². The van der Waals surface area contributed by atoms with E-state index in [1.165, 1.54) is 25.7 Å². The lowest BCUT2D eigenvalue weighted by molar-refractivity contribution is 0.0236. The van der Waals surface area contributed by atoms with Gasteiger partial charge >= 0.3 is 5.97 Å². The lowest BCUT2D eigenvalue weighted by Crippen LogP contribution is -2.32. The van der Waals surface area contributed by atoms with Crippen LogP contribution < -0.4 is 5.73 Å². The van der Waals surface area contributed by atoms with Gasteiger partial charge in [-0.2, -0.15) is 11.8 Å². The van der Waals surface area contributed by atoms with Gasteiger partial charge in [0.15, 0.2) is 6.29 Å². The van der Waals surface area contributed by atoms with Gasteiger partial charge in [-0.3, -0.25) is 14.6 Å². The van der Waals surface area contributed by atoms with Crippen LogP contribution >= 0.6 is 11.8 Å². The molecule has 2 heterocycles. The number of pyridine rings is 2. The van der Waals surface area contributed by atoms with Crippen LogP contribution in [-0.2, 0) is 36.8 Å². The number of nitrogens with two attached hydrogens (primary N) is 1. The van der Waals surface area contributed by atoms with Crippen molar-refractivity contribution in [1.29, 1.82) is 0 Å². The molecule has 0 aliphatic heterocycles. The van der Waals surface area contributed by atoms with Crippen LogP contribution in [0, 0.1) is 0 Å². The van der Waals surface area contributed by atoms with E-state index in [0.717, 1.165) is 62.5 Å². The Hall–Kier alpha value is -2.49. The van der Waals surface area contributed by atoms with Gasteiger partial charge in [0.25, 0.3) is 0 Å². The molecule has 0 unspecified atom stereocenters. The molecular weight excluding hydrogens is 622 g/mol. The summed E-state index contributed by atoms with van der Waals surface area (Å²) in [6.07, 6.45) is 5.32. The van der Waals surface area contributed by atoms with Crippen molar-refractivity contribution < 1.29 is 33.3 Å². The van der Waals surface area contributed by atoms with Crippen molar-refractivity contribution in [1.82, 2.24) is 19.8 Å². The topological polar surface area (TPSA) is 139 Å². The molecule has 0 bridgehead atoms. The maximum Gasteiger partial charge on any atom is 0.356 e. The van der Waals surface area contributed by atoms with E-state index in [4.69, 9.17) is 29.4 Å². The molecule has 0 atom stereocenters. The molecule has 47 heavy (non-hydrogen) atoms. The Morgan fingerprint density at radius 3 is 1.96 bits per heavy atom. The van der Waals surface area contributed by atoms with Crippen molar-refractivity contribution in [3.8, 4) is 0 Å². The summed E-state index contributed by atoms with van der Waals surface area (Å²) in [7, 11) is 3.03. The molecule has 13 heteroatoms. The molecular formula is C34H55N5O7S. The molecule has 0 aliphatic carbocycles. The molecule has 2 rings (SSSR count). The van der Waals surface area contributed by atoms with Crippen molar-refractivity contribution in [2.45, 2.75) is 38.8 Å². The highest BCUT2D eigenvalue weighted by molar-refractivity contribution is 7.99. The van der Waals surface area contributed by atoms with Gasteiger partial charge in [-0.1, -0.05) is 18.6 Å². The van der Waals surface area contributed by atoms with Crippen molar-refractivity contribution in [3.05, 3.63) is 59.2 Å². The molecule has 0 fully saturated rings. The molecule has 0 saturated carbocycles. The average molecular weight is 678 g/mol. The maximum absolute atomic E-state index is 12.0. The van der Waals surface area contributed by atoms with Crippen molar-refractivity contribution in [3.63, 3.8) is 0 Å². The van der Waals surface area contributed by atoms with Crippen LogP contribution in [0.4, 0.5) is 0 Å². The summed E-state index contributed by atoms with van der Waals surface area (Å²) >= 11 is 1.98. The second kappa shape index (κ2) is 27.5. The number of aromatic nitrogens is 2. The summed E-state index contributed by atoms with van der Waals surface area (Å²) < 4.78 is 27.7. The first-order valence-electron chi connectivity index (χ1n) is 16.5. The number of aldehydes is 1. The summed E-state index contributed by atoms with van der Waals surface area (Å²) in [4.78, 5) is 36.3. The molecule has 2 aromatic heterocycles. The third-order valence-corrected chi connectivity index (χ3v) is 8.29. The SMILES string of the molecule is COCCN(CCOCCOCCN(CCOCCCSCCCCCN)Cc1cccc(C(=O)OC)n1)Cc1cccc(C=O)n1. The number of nitrogens with zero attached hydrogens (tertiary/aromatic N) is 4.